The zero-order chi connectivity index (χ0) is 19.8. The number of pyridine rings is 1. The molecule has 0 aromatic carbocycles. The van der Waals surface area contributed by atoms with E-state index in [1.54, 1.807) is 6.20 Å². The van der Waals surface area contributed by atoms with Gasteiger partial charge in [0, 0.05) is 43.2 Å². The van der Waals surface area contributed by atoms with Gasteiger partial charge in [-0.05, 0) is 19.3 Å². The standard InChI is InChI=1S/C20H25ClN6O2/c21-17-13-22-12-16(15-11-24-27(14-15)26-7-9-29-10-8-26)18(17)25-5-2-20(3-6-25)1-4-23-19(20)28/h11-14H,1-10H2,(H,23,28). The molecule has 0 saturated carbocycles. The fourth-order valence-electron chi connectivity index (χ4n) is 4.68. The third-order valence-corrected chi connectivity index (χ3v) is 6.71. The third kappa shape index (κ3) is 3.34. The van der Waals surface area contributed by atoms with Gasteiger partial charge in [-0.25, -0.2) is 0 Å². The maximum atomic E-state index is 12.3. The summed E-state index contributed by atoms with van der Waals surface area (Å²) in [5.41, 5.74) is 2.75. The number of piperidine rings is 1. The van der Waals surface area contributed by atoms with Crippen LogP contribution < -0.4 is 15.2 Å². The number of carbonyl (C=O) groups is 1. The van der Waals surface area contributed by atoms with Gasteiger partial charge in [-0.3, -0.25) is 14.8 Å². The molecule has 0 aliphatic carbocycles. The second-order valence-corrected chi connectivity index (χ2v) is 8.41. The molecule has 8 nitrogen and oxygen atoms in total. The maximum Gasteiger partial charge on any atom is 0.226 e. The highest BCUT2D eigenvalue weighted by Crippen LogP contribution is 2.43. The lowest BCUT2D eigenvalue weighted by atomic mass is 9.77. The van der Waals surface area contributed by atoms with Gasteiger partial charge in [0.2, 0.25) is 5.91 Å². The highest BCUT2D eigenvalue weighted by atomic mass is 35.5. The van der Waals surface area contributed by atoms with E-state index in [4.69, 9.17) is 16.3 Å². The Morgan fingerprint density at radius 1 is 1.07 bits per heavy atom. The number of halogens is 1. The summed E-state index contributed by atoms with van der Waals surface area (Å²) in [6, 6.07) is 0. The van der Waals surface area contributed by atoms with Gasteiger partial charge >= 0.3 is 0 Å². The lowest BCUT2D eigenvalue weighted by Crippen LogP contribution is -2.44. The van der Waals surface area contributed by atoms with Crippen LogP contribution in [0.3, 0.4) is 0 Å². The first-order valence-corrected chi connectivity index (χ1v) is 10.6. The topological polar surface area (TPSA) is 75.5 Å². The second kappa shape index (κ2) is 7.50. The molecule has 0 radical (unpaired) electrons. The molecule has 0 unspecified atom stereocenters. The predicted molar refractivity (Wildman–Crippen MR) is 111 cm³/mol. The molecule has 3 fully saturated rings. The Bertz CT molecular complexity index is 902. The molecule has 1 N–H and O–H groups in total. The van der Waals surface area contributed by atoms with Gasteiger partial charge in [-0.15, -0.1) is 0 Å². The van der Waals surface area contributed by atoms with Crippen LogP contribution in [-0.2, 0) is 9.53 Å². The molecule has 1 amide bonds. The molecule has 2 aromatic heterocycles. The number of anilines is 1. The molecular formula is C20H25ClN6O2. The van der Waals surface area contributed by atoms with E-state index in [2.05, 4.69) is 25.3 Å². The monoisotopic (exact) mass is 416 g/mol. The van der Waals surface area contributed by atoms with Crippen molar-refractivity contribution in [1.82, 2.24) is 20.2 Å². The van der Waals surface area contributed by atoms with Crippen molar-refractivity contribution in [3.8, 4) is 11.1 Å². The van der Waals surface area contributed by atoms with Crippen molar-refractivity contribution in [3.05, 3.63) is 29.8 Å². The first-order chi connectivity index (χ1) is 14.2. The number of amides is 1. The molecule has 2 aromatic rings. The van der Waals surface area contributed by atoms with Gasteiger partial charge in [0.25, 0.3) is 0 Å². The minimum Gasteiger partial charge on any atom is -0.378 e. The molecular weight excluding hydrogens is 392 g/mol. The number of hydrogen-bond donors (Lipinski definition) is 1. The largest absolute Gasteiger partial charge is 0.378 e. The molecule has 5 rings (SSSR count). The Labute approximate surface area is 174 Å². The van der Waals surface area contributed by atoms with Crippen molar-refractivity contribution in [3.63, 3.8) is 0 Å². The molecule has 29 heavy (non-hydrogen) atoms. The summed E-state index contributed by atoms with van der Waals surface area (Å²) in [6.07, 6.45) is 10.1. The SMILES string of the molecule is O=C1NCCC12CCN(c1c(Cl)cncc1-c1cnn(N3CCOCC3)c1)CC2. The summed E-state index contributed by atoms with van der Waals surface area (Å²) in [4.78, 5) is 20.8. The van der Waals surface area contributed by atoms with Crippen LogP contribution in [-0.4, -0.2) is 66.7 Å². The Morgan fingerprint density at radius 2 is 1.86 bits per heavy atom. The van der Waals surface area contributed by atoms with Crippen molar-refractivity contribution < 1.29 is 9.53 Å². The summed E-state index contributed by atoms with van der Waals surface area (Å²) < 4.78 is 5.43. The van der Waals surface area contributed by atoms with Crippen molar-refractivity contribution in [1.29, 1.82) is 0 Å². The van der Waals surface area contributed by atoms with Crippen molar-refractivity contribution in [2.24, 2.45) is 5.41 Å². The van der Waals surface area contributed by atoms with Crippen LogP contribution in [0.5, 0.6) is 0 Å². The summed E-state index contributed by atoms with van der Waals surface area (Å²) in [5.74, 6) is 0.213. The van der Waals surface area contributed by atoms with E-state index in [9.17, 15) is 4.79 Å². The molecule has 154 valence electrons. The molecule has 0 atom stereocenters. The van der Waals surface area contributed by atoms with Gasteiger partial charge in [-0.2, -0.15) is 9.89 Å². The molecule has 3 saturated heterocycles. The van der Waals surface area contributed by atoms with Crippen LogP contribution in [0, 0.1) is 5.41 Å². The van der Waals surface area contributed by atoms with Gasteiger partial charge in [0.1, 0.15) is 0 Å². The average molecular weight is 417 g/mol. The van der Waals surface area contributed by atoms with E-state index < -0.39 is 0 Å². The number of hydrogen-bond acceptors (Lipinski definition) is 6. The Morgan fingerprint density at radius 3 is 2.59 bits per heavy atom. The summed E-state index contributed by atoms with van der Waals surface area (Å²) in [6.45, 7) is 5.46. The summed E-state index contributed by atoms with van der Waals surface area (Å²) in [5, 5.41) is 10.3. The molecule has 1 spiro atoms. The van der Waals surface area contributed by atoms with Crippen LogP contribution in [0.2, 0.25) is 5.02 Å². The van der Waals surface area contributed by atoms with Gasteiger partial charge in [-0.1, -0.05) is 11.6 Å². The first-order valence-electron chi connectivity index (χ1n) is 10.2. The molecule has 0 bridgehead atoms. The number of carbonyl (C=O) groups excluding carboxylic acids is 1. The number of nitrogens with one attached hydrogen (secondary N) is 1. The smallest absolute Gasteiger partial charge is 0.226 e. The fourth-order valence-corrected chi connectivity index (χ4v) is 4.96. The van der Waals surface area contributed by atoms with Gasteiger partial charge < -0.3 is 15.0 Å². The average Bonchev–Trinajstić information content (AvgIpc) is 3.37. The predicted octanol–water partition coefficient (Wildman–Crippen LogP) is 1.67. The summed E-state index contributed by atoms with van der Waals surface area (Å²) in [7, 11) is 0. The molecule has 9 heteroatoms. The fraction of sp³-hybridized carbons (Fsp3) is 0.550. The molecule has 5 heterocycles. The number of morpholine rings is 1. The zero-order valence-corrected chi connectivity index (χ0v) is 17.1. The van der Waals surface area contributed by atoms with Crippen LogP contribution in [0.25, 0.3) is 11.1 Å². The van der Waals surface area contributed by atoms with E-state index in [0.29, 0.717) is 18.2 Å². The van der Waals surface area contributed by atoms with Crippen LogP contribution in [0.1, 0.15) is 19.3 Å². The number of ether oxygens (including phenoxy) is 1. The van der Waals surface area contributed by atoms with Crippen molar-refractivity contribution in [2.75, 3.05) is 55.8 Å². The van der Waals surface area contributed by atoms with E-state index >= 15 is 0 Å². The van der Waals surface area contributed by atoms with Crippen molar-refractivity contribution in [2.45, 2.75) is 19.3 Å². The normalized spacial score (nSPS) is 21.6. The van der Waals surface area contributed by atoms with E-state index in [1.165, 1.54) is 0 Å². The zero-order valence-electron chi connectivity index (χ0n) is 16.3. The maximum absolute atomic E-state index is 12.3. The third-order valence-electron chi connectivity index (χ3n) is 6.44. The van der Waals surface area contributed by atoms with Crippen molar-refractivity contribution >= 4 is 23.2 Å². The first kappa shape index (κ1) is 18.7. The minimum absolute atomic E-state index is 0.197. The Kier molecular flexibility index (Phi) is 4.83. The number of aromatic nitrogens is 3. The molecule has 3 aliphatic heterocycles. The molecule has 3 aliphatic rings. The van der Waals surface area contributed by atoms with Gasteiger partial charge in [0.15, 0.2) is 0 Å². The number of nitrogens with zero attached hydrogens (tertiary/aromatic N) is 5. The quantitative estimate of drug-likeness (QED) is 0.820. The van der Waals surface area contributed by atoms with Crippen LogP contribution in [0.15, 0.2) is 24.8 Å². The van der Waals surface area contributed by atoms with Gasteiger partial charge in [0.05, 0.1) is 54.8 Å². The lowest BCUT2D eigenvalue weighted by molar-refractivity contribution is -0.128. The lowest BCUT2D eigenvalue weighted by Gasteiger charge is -2.39. The second-order valence-electron chi connectivity index (χ2n) is 8.01. The van der Waals surface area contributed by atoms with E-state index in [0.717, 1.165) is 68.8 Å². The van der Waals surface area contributed by atoms with Crippen LogP contribution >= 0.6 is 11.6 Å². The van der Waals surface area contributed by atoms with E-state index in [1.807, 2.05) is 23.4 Å². The minimum atomic E-state index is -0.197. The van der Waals surface area contributed by atoms with Crippen LogP contribution in [0.4, 0.5) is 5.69 Å². The Hall–Kier alpha value is -2.32. The summed E-state index contributed by atoms with van der Waals surface area (Å²) >= 11 is 6.61. The number of rotatable bonds is 3. The van der Waals surface area contributed by atoms with E-state index in [-0.39, 0.29) is 11.3 Å². The Balaban J connectivity index is 1.41. The highest BCUT2D eigenvalue weighted by molar-refractivity contribution is 6.33. The highest BCUT2D eigenvalue weighted by Gasteiger charge is 2.44.